The molecule has 1 amide bonds. The Bertz CT molecular complexity index is 464. The molecule has 0 saturated carbocycles. The lowest BCUT2D eigenvalue weighted by molar-refractivity contribution is 0.150. The highest BCUT2D eigenvalue weighted by atomic mass is 16.6. The molecule has 1 aliphatic rings. The quantitative estimate of drug-likeness (QED) is 0.765. The van der Waals surface area contributed by atoms with Crippen LogP contribution in [0.3, 0.4) is 0 Å². The number of cyclic esters (lactones) is 1. The van der Waals surface area contributed by atoms with E-state index in [1.54, 1.807) is 29.2 Å². The van der Waals surface area contributed by atoms with E-state index in [9.17, 15) is 4.79 Å². The SMILES string of the molecule is CC1CN(c2ccc(OCCC#N)cc2)C(=O)O1. The number of hydrogen-bond acceptors (Lipinski definition) is 4. The van der Waals surface area contributed by atoms with Gasteiger partial charge in [-0.25, -0.2) is 4.79 Å². The molecular formula is C13H14N2O3. The first-order valence-electron chi connectivity index (χ1n) is 5.78. The van der Waals surface area contributed by atoms with Crippen LogP contribution in [-0.2, 0) is 4.74 Å². The molecule has 1 heterocycles. The first kappa shape index (κ1) is 12.2. The number of hydrogen-bond donors (Lipinski definition) is 0. The number of nitrogens with zero attached hydrogens (tertiary/aromatic N) is 2. The summed E-state index contributed by atoms with van der Waals surface area (Å²) in [4.78, 5) is 13.1. The van der Waals surface area contributed by atoms with Crippen molar-refractivity contribution < 1.29 is 14.3 Å². The van der Waals surface area contributed by atoms with E-state index >= 15 is 0 Å². The number of amides is 1. The van der Waals surface area contributed by atoms with Crippen molar-refractivity contribution in [3.05, 3.63) is 24.3 Å². The van der Waals surface area contributed by atoms with E-state index in [0.717, 1.165) is 5.69 Å². The van der Waals surface area contributed by atoms with Gasteiger partial charge in [-0.2, -0.15) is 5.26 Å². The average molecular weight is 246 g/mol. The molecule has 1 atom stereocenters. The highest BCUT2D eigenvalue weighted by Gasteiger charge is 2.29. The normalized spacial score (nSPS) is 18.3. The van der Waals surface area contributed by atoms with E-state index in [1.165, 1.54) is 0 Å². The highest BCUT2D eigenvalue weighted by molar-refractivity contribution is 5.89. The lowest BCUT2D eigenvalue weighted by Crippen LogP contribution is -2.23. The van der Waals surface area contributed by atoms with Gasteiger partial charge in [-0.3, -0.25) is 4.90 Å². The third-order valence-corrected chi connectivity index (χ3v) is 2.59. The summed E-state index contributed by atoms with van der Waals surface area (Å²) in [6, 6.07) is 9.18. The van der Waals surface area contributed by atoms with Crippen molar-refractivity contribution in [2.45, 2.75) is 19.4 Å². The monoisotopic (exact) mass is 246 g/mol. The van der Waals surface area contributed by atoms with Crippen LogP contribution in [-0.4, -0.2) is 25.3 Å². The minimum atomic E-state index is -0.319. The van der Waals surface area contributed by atoms with E-state index in [4.69, 9.17) is 14.7 Å². The van der Waals surface area contributed by atoms with Gasteiger partial charge in [0.15, 0.2) is 0 Å². The van der Waals surface area contributed by atoms with Gasteiger partial charge in [-0.15, -0.1) is 0 Å². The summed E-state index contributed by atoms with van der Waals surface area (Å²) in [5.74, 6) is 0.689. The Hall–Kier alpha value is -2.22. The Morgan fingerprint density at radius 2 is 2.22 bits per heavy atom. The van der Waals surface area contributed by atoms with Crippen molar-refractivity contribution >= 4 is 11.8 Å². The van der Waals surface area contributed by atoms with E-state index in [2.05, 4.69) is 0 Å². The predicted octanol–water partition coefficient (Wildman–Crippen LogP) is 2.32. The van der Waals surface area contributed by atoms with Gasteiger partial charge < -0.3 is 9.47 Å². The Morgan fingerprint density at radius 3 is 2.78 bits per heavy atom. The first-order chi connectivity index (χ1) is 8.70. The molecule has 1 aromatic carbocycles. The Labute approximate surface area is 106 Å². The molecule has 1 aliphatic heterocycles. The fraction of sp³-hybridized carbons (Fsp3) is 0.385. The maximum atomic E-state index is 11.5. The summed E-state index contributed by atoms with van der Waals surface area (Å²) >= 11 is 0. The minimum absolute atomic E-state index is 0.0796. The molecule has 18 heavy (non-hydrogen) atoms. The summed E-state index contributed by atoms with van der Waals surface area (Å²) < 4.78 is 10.4. The molecule has 0 N–H and O–H groups in total. The van der Waals surface area contributed by atoms with Crippen LogP contribution in [0.5, 0.6) is 5.75 Å². The number of anilines is 1. The summed E-state index contributed by atoms with van der Waals surface area (Å²) in [6.07, 6.45) is -0.0396. The van der Waals surface area contributed by atoms with Crippen molar-refractivity contribution in [3.63, 3.8) is 0 Å². The van der Waals surface area contributed by atoms with Gasteiger partial charge in [-0.1, -0.05) is 0 Å². The molecule has 1 aromatic rings. The first-order valence-corrected chi connectivity index (χ1v) is 5.78. The summed E-state index contributed by atoms with van der Waals surface area (Å²) in [7, 11) is 0. The summed E-state index contributed by atoms with van der Waals surface area (Å²) in [6.45, 7) is 2.80. The average Bonchev–Trinajstić information content (AvgIpc) is 2.70. The lowest BCUT2D eigenvalue weighted by atomic mass is 10.2. The number of nitriles is 1. The molecule has 1 fully saturated rings. The van der Waals surface area contributed by atoms with Crippen LogP contribution < -0.4 is 9.64 Å². The van der Waals surface area contributed by atoms with Gasteiger partial charge in [-0.05, 0) is 31.2 Å². The van der Waals surface area contributed by atoms with Crippen LogP contribution in [0.1, 0.15) is 13.3 Å². The zero-order valence-corrected chi connectivity index (χ0v) is 10.1. The Kier molecular flexibility index (Phi) is 3.68. The van der Waals surface area contributed by atoms with Crippen LogP contribution in [0.4, 0.5) is 10.5 Å². The van der Waals surface area contributed by atoms with Gasteiger partial charge in [0.1, 0.15) is 18.5 Å². The second-order valence-corrected chi connectivity index (χ2v) is 4.06. The topological polar surface area (TPSA) is 62.6 Å². The summed E-state index contributed by atoms with van der Waals surface area (Å²) in [5, 5.41) is 8.40. The van der Waals surface area contributed by atoms with Crippen LogP contribution in [0, 0.1) is 11.3 Å². The zero-order valence-electron chi connectivity index (χ0n) is 10.1. The van der Waals surface area contributed by atoms with Crippen LogP contribution in [0.15, 0.2) is 24.3 Å². The largest absolute Gasteiger partial charge is 0.493 e. The highest BCUT2D eigenvalue weighted by Crippen LogP contribution is 2.24. The maximum Gasteiger partial charge on any atom is 0.414 e. The number of carbonyl (C=O) groups is 1. The fourth-order valence-corrected chi connectivity index (χ4v) is 1.75. The lowest BCUT2D eigenvalue weighted by Gasteiger charge is -2.13. The predicted molar refractivity (Wildman–Crippen MR) is 65.5 cm³/mol. The molecular weight excluding hydrogens is 232 g/mol. The smallest absolute Gasteiger partial charge is 0.414 e. The van der Waals surface area contributed by atoms with Crippen molar-refractivity contribution in [3.8, 4) is 11.8 Å². The Morgan fingerprint density at radius 1 is 1.50 bits per heavy atom. The molecule has 5 nitrogen and oxygen atoms in total. The van der Waals surface area contributed by atoms with Gasteiger partial charge >= 0.3 is 6.09 Å². The van der Waals surface area contributed by atoms with Crippen LogP contribution in [0.25, 0.3) is 0 Å². The number of rotatable bonds is 4. The minimum Gasteiger partial charge on any atom is -0.493 e. The molecule has 1 unspecified atom stereocenters. The molecule has 1 saturated heterocycles. The third kappa shape index (κ3) is 2.72. The number of benzene rings is 1. The molecule has 0 bridgehead atoms. The maximum absolute atomic E-state index is 11.5. The second kappa shape index (κ2) is 5.41. The van der Waals surface area contributed by atoms with Crippen LogP contribution in [0.2, 0.25) is 0 Å². The molecule has 0 radical (unpaired) electrons. The molecule has 0 aliphatic carbocycles. The van der Waals surface area contributed by atoms with E-state index in [-0.39, 0.29) is 12.2 Å². The Balaban J connectivity index is 1.99. The second-order valence-electron chi connectivity index (χ2n) is 4.06. The molecule has 0 aromatic heterocycles. The third-order valence-electron chi connectivity index (χ3n) is 2.59. The number of ether oxygens (including phenoxy) is 2. The van der Waals surface area contributed by atoms with Crippen molar-refractivity contribution in [2.24, 2.45) is 0 Å². The molecule has 94 valence electrons. The molecule has 2 rings (SSSR count). The van der Waals surface area contributed by atoms with Crippen LogP contribution >= 0.6 is 0 Å². The van der Waals surface area contributed by atoms with Crippen molar-refractivity contribution in [1.29, 1.82) is 5.26 Å². The van der Waals surface area contributed by atoms with E-state index < -0.39 is 0 Å². The fourth-order valence-electron chi connectivity index (χ4n) is 1.75. The molecule has 5 heteroatoms. The standard InChI is InChI=1S/C13H14N2O3/c1-10-9-15(13(16)18-10)11-3-5-12(6-4-11)17-8-2-7-14/h3-6,10H,2,8-9H2,1H3. The van der Waals surface area contributed by atoms with Gasteiger partial charge in [0, 0.05) is 5.69 Å². The van der Waals surface area contributed by atoms with E-state index in [1.807, 2.05) is 13.0 Å². The van der Waals surface area contributed by atoms with Crippen molar-refractivity contribution in [1.82, 2.24) is 0 Å². The summed E-state index contributed by atoms with van der Waals surface area (Å²) in [5.41, 5.74) is 0.789. The van der Waals surface area contributed by atoms with Gasteiger partial charge in [0.25, 0.3) is 0 Å². The van der Waals surface area contributed by atoms with E-state index in [0.29, 0.717) is 25.3 Å². The zero-order chi connectivity index (χ0) is 13.0. The van der Waals surface area contributed by atoms with Crippen molar-refractivity contribution in [2.75, 3.05) is 18.1 Å². The number of carbonyl (C=O) groups excluding carboxylic acids is 1. The van der Waals surface area contributed by atoms with Gasteiger partial charge in [0.2, 0.25) is 0 Å². The molecule has 0 spiro atoms. The van der Waals surface area contributed by atoms with Gasteiger partial charge in [0.05, 0.1) is 19.0 Å².